The SMILES string of the molecule is Cc1cc(=[17O])n(C)c(=O)n1C. The van der Waals surface area contributed by atoms with Crippen molar-refractivity contribution in [3.63, 3.8) is 0 Å². The first-order valence-corrected chi connectivity index (χ1v) is 3.27. The molecule has 0 radical (unpaired) electrons. The molecule has 0 aromatic carbocycles. The lowest BCUT2D eigenvalue weighted by atomic mass is 10.4. The second kappa shape index (κ2) is 2.38. The van der Waals surface area contributed by atoms with Gasteiger partial charge in [0.25, 0.3) is 5.56 Å². The molecule has 0 N–H and O–H groups in total. The molecule has 1 aromatic rings. The molecule has 0 bridgehead atoms. The molecule has 1 rings (SSSR count). The van der Waals surface area contributed by atoms with Gasteiger partial charge in [-0.05, 0) is 6.92 Å². The second-order valence-corrected chi connectivity index (χ2v) is 2.52. The summed E-state index contributed by atoms with van der Waals surface area (Å²) in [4.78, 5) is 22.1. The number of hydrogen-bond donors (Lipinski definition) is 0. The number of nitrogens with zero attached hydrogens (tertiary/aromatic N) is 2. The lowest BCUT2D eigenvalue weighted by molar-refractivity contribution is 0.667. The maximum absolute atomic E-state index is 11.1. The zero-order valence-corrected chi connectivity index (χ0v) is 6.79. The van der Waals surface area contributed by atoms with Crippen molar-refractivity contribution < 1.29 is 0 Å². The van der Waals surface area contributed by atoms with Crippen LogP contribution in [0.2, 0.25) is 0 Å². The van der Waals surface area contributed by atoms with E-state index in [4.69, 9.17) is 0 Å². The quantitative estimate of drug-likeness (QED) is 0.501. The maximum Gasteiger partial charge on any atom is 0.330 e. The van der Waals surface area contributed by atoms with Gasteiger partial charge >= 0.3 is 5.69 Å². The number of aryl methyl sites for hydroxylation is 1. The lowest BCUT2D eigenvalue weighted by Crippen LogP contribution is -2.37. The van der Waals surface area contributed by atoms with Crippen molar-refractivity contribution in [2.24, 2.45) is 14.1 Å². The van der Waals surface area contributed by atoms with Gasteiger partial charge in [0, 0.05) is 25.9 Å². The zero-order valence-electron chi connectivity index (χ0n) is 6.79. The molecule has 1 heterocycles. The Morgan fingerprint density at radius 2 is 1.91 bits per heavy atom. The average Bonchev–Trinajstić information content (AvgIpc) is 1.97. The Balaban J connectivity index is 3.74. The Kier molecular flexibility index (Phi) is 1.68. The molecule has 1 aromatic heterocycles. The highest BCUT2D eigenvalue weighted by Crippen LogP contribution is 1.82. The minimum absolute atomic E-state index is 0.259. The normalized spacial score (nSPS) is 10.1. The van der Waals surface area contributed by atoms with E-state index < -0.39 is 0 Å². The molecule has 0 atom stereocenters. The van der Waals surface area contributed by atoms with Crippen LogP contribution in [-0.2, 0) is 14.1 Å². The van der Waals surface area contributed by atoms with Crippen LogP contribution in [-0.4, -0.2) is 9.13 Å². The van der Waals surface area contributed by atoms with E-state index in [1.165, 1.54) is 17.7 Å². The van der Waals surface area contributed by atoms with Gasteiger partial charge in [-0.25, -0.2) is 4.79 Å². The zero-order chi connectivity index (χ0) is 8.59. The number of aromatic nitrogens is 2. The predicted octanol–water partition coefficient (Wildman–Crippen LogP) is -0.608. The third kappa shape index (κ3) is 1.11. The molecule has 0 saturated heterocycles. The van der Waals surface area contributed by atoms with E-state index in [1.54, 1.807) is 14.0 Å². The molecule has 11 heavy (non-hydrogen) atoms. The Hall–Kier alpha value is -1.32. The molecule has 0 aliphatic heterocycles. The molecule has 4 heteroatoms. The van der Waals surface area contributed by atoms with E-state index in [1.807, 2.05) is 0 Å². The summed E-state index contributed by atoms with van der Waals surface area (Å²) in [7, 11) is 3.10. The van der Waals surface area contributed by atoms with Crippen molar-refractivity contribution in [3.8, 4) is 0 Å². The maximum atomic E-state index is 11.1. The minimum atomic E-state index is -0.282. The van der Waals surface area contributed by atoms with E-state index in [2.05, 4.69) is 0 Å². The van der Waals surface area contributed by atoms with Gasteiger partial charge in [0.2, 0.25) is 0 Å². The fourth-order valence-electron chi connectivity index (χ4n) is 0.842. The summed E-state index contributed by atoms with van der Waals surface area (Å²) < 4.78 is 2.51. The first-order chi connectivity index (χ1) is 5.04. The number of rotatable bonds is 0. The van der Waals surface area contributed by atoms with Crippen LogP contribution in [0.3, 0.4) is 0 Å². The second-order valence-electron chi connectivity index (χ2n) is 2.52. The number of hydrogen-bond acceptors (Lipinski definition) is 2. The first-order valence-electron chi connectivity index (χ1n) is 3.27. The monoisotopic (exact) mass is 155 g/mol. The van der Waals surface area contributed by atoms with Crippen LogP contribution in [0.4, 0.5) is 0 Å². The van der Waals surface area contributed by atoms with Gasteiger partial charge in [-0.3, -0.25) is 9.36 Å². The van der Waals surface area contributed by atoms with E-state index in [-0.39, 0.29) is 11.2 Å². The van der Waals surface area contributed by atoms with Crippen LogP contribution in [0.1, 0.15) is 5.69 Å². The van der Waals surface area contributed by atoms with Crippen LogP contribution in [0, 0.1) is 6.92 Å². The van der Waals surface area contributed by atoms with Crippen LogP contribution < -0.4 is 11.2 Å². The van der Waals surface area contributed by atoms with Gasteiger partial charge in [-0.2, -0.15) is 0 Å². The van der Waals surface area contributed by atoms with Gasteiger partial charge in [0.05, 0.1) is 0 Å². The molecule has 0 spiro atoms. The van der Waals surface area contributed by atoms with Crippen molar-refractivity contribution in [1.29, 1.82) is 0 Å². The Bertz CT molecular complexity index is 386. The van der Waals surface area contributed by atoms with Crippen LogP contribution >= 0.6 is 0 Å². The molecule has 0 aliphatic rings. The molecule has 60 valence electrons. The predicted molar refractivity (Wildman–Crippen MR) is 41.7 cm³/mol. The molecule has 0 aliphatic carbocycles. The fourth-order valence-corrected chi connectivity index (χ4v) is 0.842. The van der Waals surface area contributed by atoms with Gasteiger partial charge < -0.3 is 4.57 Å². The Morgan fingerprint density at radius 3 is 2.45 bits per heavy atom. The van der Waals surface area contributed by atoms with E-state index in [9.17, 15) is 9.59 Å². The van der Waals surface area contributed by atoms with Gasteiger partial charge in [0.15, 0.2) is 0 Å². The highest BCUT2D eigenvalue weighted by atomic mass is 17.1. The molecule has 4 nitrogen and oxygen atoms in total. The molecule has 0 unspecified atom stereocenters. The summed E-state index contributed by atoms with van der Waals surface area (Å²) in [5, 5.41) is 0. The standard InChI is InChI=1S/C7H10N2O2/c1-5-4-6(10)9(3)7(11)8(5)2/h4H,1-3H3/i10+1. The summed E-state index contributed by atoms with van der Waals surface area (Å²) >= 11 is 0. The molecule has 0 amide bonds. The smallest absolute Gasteiger partial charge is 0.301 e. The first kappa shape index (κ1) is 7.78. The van der Waals surface area contributed by atoms with Crippen molar-refractivity contribution in [2.75, 3.05) is 0 Å². The average molecular weight is 155 g/mol. The third-order valence-electron chi connectivity index (χ3n) is 1.77. The fraction of sp³-hybridized carbons (Fsp3) is 0.429. The summed E-state index contributed by atoms with van der Waals surface area (Å²) in [6.07, 6.45) is 0. The topological polar surface area (TPSA) is 44.0 Å². The van der Waals surface area contributed by atoms with Crippen molar-refractivity contribution in [2.45, 2.75) is 6.92 Å². The Labute approximate surface area is 63.7 Å². The van der Waals surface area contributed by atoms with Gasteiger partial charge in [0.1, 0.15) is 0 Å². The highest BCUT2D eigenvalue weighted by molar-refractivity contribution is 4.98. The highest BCUT2D eigenvalue weighted by Gasteiger charge is 1.99. The van der Waals surface area contributed by atoms with Crippen LogP contribution in [0.25, 0.3) is 0 Å². The largest absolute Gasteiger partial charge is 0.330 e. The van der Waals surface area contributed by atoms with Crippen molar-refractivity contribution in [1.82, 2.24) is 9.13 Å². The van der Waals surface area contributed by atoms with E-state index in [0.29, 0.717) is 5.69 Å². The van der Waals surface area contributed by atoms with Gasteiger partial charge in [-0.1, -0.05) is 0 Å². The van der Waals surface area contributed by atoms with E-state index >= 15 is 0 Å². The van der Waals surface area contributed by atoms with Gasteiger partial charge in [-0.15, -0.1) is 0 Å². The molecular weight excluding hydrogens is 145 g/mol. The third-order valence-corrected chi connectivity index (χ3v) is 1.77. The van der Waals surface area contributed by atoms with Crippen molar-refractivity contribution in [3.05, 3.63) is 32.6 Å². The lowest BCUT2D eigenvalue weighted by Gasteiger charge is -2.03. The molecule has 0 fully saturated rings. The minimum Gasteiger partial charge on any atom is -0.301 e. The summed E-state index contributed by atoms with van der Waals surface area (Å²) in [6, 6.07) is 1.43. The molecule has 0 saturated carbocycles. The summed E-state index contributed by atoms with van der Waals surface area (Å²) in [6.45, 7) is 1.72. The summed E-state index contributed by atoms with van der Waals surface area (Å²) in [5.41, 5.74) is 0.138. The summed E-state index contributed by atoms with van der Waals surface area (Å²) in [5.74, 6) is 0. The van der Waals surface area contributed by atoms with E-state index in [0.717, 1.165) is 4.57 Å². The Morgan fingerprint density at radius 1 is 1.36 bits per heavy atom. The van der Waals surface area contributed by atoms with Crippen LogP contribution in [0.15, 0.2) is 15.7 Å². The molecular formula is C7H10N2O2. The van der Waals surface area contributed by atoms with Crippen LogP contribution in [0.5, 0.6) is 0 Å². The van der Waals surface area contributed by atoms with Crippen molar-refractivity contribution >= 4 is 0 Å².